The van der Waals surface area contributed by atoms with Crippen LogP contribution in [0.2, 0.25) is 0 Å². The lowest BCUT2D eigenvalue weighted by molar-refractivity contribution is -0.114. The average molecular weight is 342 g/mol. The van der Waals surface area contributed by atoms with Crippen LogP contribution in [0.3, 0.4) is 0 Å². The van der Waals surface area contributed by atoms with Crippen molar-refractivity contribution in [3.63, 3.8) is 0 Å². The van der Waals surface area contributed by atoms with E-state index < -0.39 is 0 Å². The zero-order valence-electron chi connectivity index (χ0n) is 14.4. The van der Waals surface area contributed by atoms with E-state index in [0.717, 1.165) is 22.7 Å². The van der Waals surface area contributed by atoms with Gasteiger partial charge in [-0.15, -0.1) is 0 Å². The maximum atomic E-state index is 10.9. The number of rotatable bonds is 9. The predicted octanol–water partition coefficient (Wildman–Crippen LogP) is 3.47. The van der Waals surface area contributed by atoms with Gasteiger partial charge in [-0.2, -0.15) is 0 Å². The summed E-state index contributed by atoms with van der Waals surface area (Å²) in [6.07, 6.45) is 1.61. The van der Waals surface area contributed by atoms with Crippen LogP contribution in [0.15, 0.2) is 53.7 Å². The second kappa shape index (κ2) is 9.97. The van der Waals surface area contributed by atoms with Gasteiger partial charge in [0.2, 0.25) is 5.91 Å². The van der Waals surface area contributed by atoms with Gasteiger partial charge in [0.25, 0.3) is 0 Å². The molecule has 2 aromatic carbocycles. The quantitative estimate of drug-likeness (QED) is 0.430. The molecule has 0 saturated carbocycles. The third kappa shape index (κ3) is 6.95. The first-order valence-corrected chi connectivity index (χ1v) is 8.06. The topological polar surface area (TPSA) is 69.2 Å². The Morgan fingerprint density at radius 3 is 2.24 bits per heavy atom. The summed E-state index contributed by atoms with van der Waals surface area (Å²) in [5, 5.41) is 6.59. The molecule has 0 unspecified atom stereocenters. The number of hydrogen-bond acceptors (Lipinski definition) is 5. The molecule has 0 aliphatic carbocycles. The molecule has 0 fully saturated rings. The molecule has 0 atom stereocenters. The third-order valence-corrected chi connectivity index (χ3v) is 3.09. The number of oxime groups is 1. The largest absolute Gasteiger partial charge is 0.494 e. The van der Waals surface area contributed by atoms with Crippen molar-refractivity contribution in [1.82, 2.24) is 0 Å². The minimum absolute atomic E-state index is 0.0997. The molecule has 1 N–H and O–H groups in total. The average Bonchev–Trinajstić information content (AvgIpc) is 2.60. The van der Waals surface area contributed by atoms with Gasteiger partial charge >= 0.3 is 0 Å². The summed E-state index contributed by atoms with van der Waals surface area (Å²) in [4.78, 5) is 16.1. The highest BCUT2D eigenvalue weighted by atomic mass is 16.6. The van der Waals surface area contributed by atoms with E-state index in [-0.39, 0.29) is 5.91 Å². The van der Waals surface area contributed by atoms with E-state index in [1.54, 1.807) is 18.3 Å². The van der Waals surface area contributed by atoms with Crippen LogP contribution >= 0.6 is 0 Å². The molecule has 6 nitrogen and oxygen atoms in total. The van der Waals surface area contributed by atoms with Gasteiger partial charge in [-0.3, -0.25) is 4.79 Å². The van der Waals surface area contributed by atoms with Crippen molar-refractivity contribution in [2.45, 2.75) is 13.8 Å². The molecule has 25 heavy (non-hydrogen) atoms. The van der Waals surface area contributed by atoms with Gasteiger partial charge in [-0.25, -0.2) is 0 Å². The van der Waals surface area contributed by atoms with E-state index in [1.165, 1.54) is 6.92 Å². The van der Waals surface area contributed by atoms with Crippen molar-refractivity contribution in [2.24, 2.45) is 5.16 Å². The molecular weight excluding hydrogens is 320 g/mol. The maximum Gasteiger partial charge on any atom is 0.221 e. The van der Waals surface area contributed by atoms with Gasteiger partial charge in [0.1, 0.15) is 18.1 Å². The van der Waals surface area contributed by atoms with E-state index in [4.69, 9.17) is 14.3 Å². The first-order chi connectivity index (χ1) is 12.2. The van der Waals surface area contributed by atoms with Gasteiger partial charge < -0.3 is 19.6 Å². The Kier molecular flexibility index (Phi) is 7.31. The molecule has 0 aliphatic heterocycles. The van der Waals surface area contributed by atoms with Crippen molar-refractivity contribution in [3.05, 3.63) is 54.1 Å². The smallest absolute Gasteiger partial charge is 0.221 e. The van der Waals surface area contributed by atoms with Crippen LogP contribution in [0.1, 0.15) is 19.4 Å². The minimum Gasteiger partial charge on any atom is -0.494 e. The number of carbonyl (C=O) groups excluding carboxylic acids is 1. The standard InChI is InChI=1S/C19H22N2O4/c1-3-23-18-8-10-19(11-9-18)24-12-13-25-20-14-16-4-6-17(7-5-16)21-15(2)22/h4-11,14H,3,12-13H2,1-2H3,(H,21,22). The summed E-state index contributed by atoms with van der Waals surface area (Å²) in [6.45, 7) is 4.79. The van der Waals surface area contributed by atoms with Crippen LogP contribution in [-0.2, 0) is 9.63 Å². The monoisotopic (exact) mass is 342 g/mol. The van der Waals surface area contributed by atoms with Crippen LogP contribution in [0, 0.1) is 0 Å². The highest BCUT2D eigenvalue weighted by Crippen LogP contribution is 2.17. The van der Waals surface area contributed by atoms with Gasteiger partial charge in [-0.05, 0) is 48.9 Å². The summed E-state index contributed by atoms with van der Waals surface area (Å²) >= 11 is 0. The number of nitrogens with zero attached hydrogens (tertiary/aromatic N) is 1. The van der Waals surface area contributed by atoms with Gasteiger partial charge in [-0.1, -0.05) is 17.3 Å². The number of anilines is 1. The normalized spacial score (nSPS) is 10.5. The number of carbonyl (C=O) groups is 1. The summed E-state index contributed by atoms with van der Waals surface area (Å²) < 4.78 is 10.9. The van der Waals surface area contributed by atoms with E-state index in [0.29, 0.717) is 19.8 Å². The van der Waals surface area contributed by atoms with Crippen LogP contribution in [0.25, 0.3) is 0 Å². The predicted molar refractivity (Wildman–Crippen MR) is 97.4 cm³/mol. The number of amides is 1. The Bertz CT molecular complexity index is 682. The highest BCUT2D eigenvalue weighted by molar-refractivity contribution is 5.89. The van der Waals surface area contributed by atoms with Crippen LogP contribution < -0.4 is 14.8 Å². The SMILES string of the molecule is CCOc1ccc(OCCON=Cc2ccc(NC(C)=O)cc2)cc1. The fraction of sp³-hybridized carbons (Fsp3) is 0.263. The maximum absolute atomic E-state index is 10.9. The molecule has 6 heteroatoms. The van der Waals surface area contributed by atoms with E-state index in [2.05, 4.69) is 10.5 Å². The van der Waals surface area contributed by atoms with E-state index >= 15 is 0 Å². The summed E-state index contributed by atoms with van der Waals surface area (Å²) in [5.74, 6) is 1.47. The third-order valence-electron chi connectivity index (χ3n) is 3.09. The van der Waals surface area contributed by atoms with Crippen LogP contribution in [0.4, 0.5) is 5.69 Å². The Labute approximate surface area is 147 Å². The van der Waals surface area contributed by atoms with Crippen molar-refractivity contribution in [2.75, 3.05) is 25.1 Å². The lowest BCUT2D eigenvalue weighted by Gasteiger charge is -2.07. The van der Waals surface area contributed by atoms with Crippen molar-refractivity contribution in [3.8, 4) is 11.5 Å². The van der Waals surface area contributed by atoms with Crippen molar-refractivity contribution < 1.29 is 19.1 Å². The Hall–Kier alpha value is -3.02. The molecule has 0 saturated heterocycles. The van der Waals surface area contributed by atoms with E-state index in [9.17, 15) is 4.79 Å². The first-order valence-electron chi connectivity index (χ1n) is 8.06. The fourth-order valence-corrected chi connectivity index (χ4v) is 2.00. The lowest BCUT2D eigenvalue weighted by Crippen LogP contribution is -2.05. The number of ether oxygens (including phenoxy) is 2. The van der Waals surface area contributed by atoms with Gasteiger partial charge in [0.05, 0.1) is 12.8 Å². The van der Waals surface area contributed by atoms with Gasteiger partial charge in [0, 0.05) is 12.6 Å². The van der Waals surface area contributed by atoms with Crippen molar-refractivity contribution in [1.29, 1.82) is 0 Å². The summed E-state index contributed by atoms with van der Waals surface area (Å²) in [6, 6.07) is 14.7. The highest BCUT2D eigenvalue weighted by Gasteiger charge is 1.97. The Balaban J connectivity index is 1.66. The zero-order chi connectivity index (χ0) is 17.9. The Morgan fingerprint density at radius 2 is 1.64 bits per heavy atom. The summed E-state index contributed by atoms with van der Waals surface area (Å²) in [7, 11) is 0. The van der Waals surface area contributed by atoms with Crippen molar-refractivity contribution >= 4 is 17.8 Å². The molecule has 0 aliphatic rings. The van der Waals surface area contributed by atoms with Gasteiger partial charge in [0.15, 0.2) is 6.61 Å². The molecule has 1 amide bonds. The molecule has 0 radical (unpaired) electrons. The minimum atomic E-state index is -0.0997. The second-order valence-electron chi connectivity index (χ2n) is 5.12. The molecule has 0 bridgehead atoms. The fourth-order valence-electron chi connectivity index (χ4n) is 2.00. The zero-order valence-corrected chi connectivity index (χ0v) is 14.4. The number of hydrogen-bond donors (Lipinski definition) is 1. The van der Waals surface area contributed by atoms with Crippen LogP contribution in [-0.4, -0.2) is 31.9 Å². The lowest BCUT2D eigenvalue weighted by atomic mass is 10.2. The molecule has 132 valence electrons. The molecular formula is C19H22N2O4. The molecule has 0 aromatic heterocycles. The summed E-state index contributed by atoms with van der Waals surface area (Å²) in [5.41, 5.74) is 1.62. The molecule has 2 aromatic rings. The number of benzene rings is 2. The molecule has 0 heterocycles. The van der Waals surface area contributed by atoms with Crippen LogP contribution in [0.5, 0.6) is 11.5 Å². The second-order valence-corrected chi connectivity index (χ2v) is 5.12. The van der Waals surface area contributed by atoms with E-state index in [1.807, 2.05) is 43.3 Å². The first kappa shape index (κ1) is 18.3. The Morgan fingerprint density at radius 1 is 1.00 bits per heavy atom. The molecule has 0 spiro atoms. The number of nitrogens with one attached hydrogen (secondary N) is 1. The molecule has 2 rings (SSSR count).